The van der Waals surface area contributed by atoms with E-state index < -0.39 is 0 Å². The highest BCUT2D eigenvalue weighted by molar-refractivity contribution is 5.43. The summed E-state index contributed by atoms with van der Waals surface area (Å²) in [5.74, 6) is 2.24. The van der Waals surface area contributed by atoms with Gasteiger partial charge in [-0.1, -0.05) is 42.5 Å². The first-order valence-electron chi connectivity index (χ1n) is 8.26. The van der Waals surface area contributed by atoms with E-state index in [1.54, 1.807) is 14.2 Å². The summed E-state index contributed by atoms with van der Waals surface area (Å²) in [6.45, 7) is 4.79. The minimum absolute atomic E-state index is 0.0915. The van der Waals surface area contributed by atoms with Crippen LogP contribution in [0.3, 0.4) is 0 Å². The molecule has 0 bridgehead atoms. The highest BCUT2D eigenvalue weighted by Crippen LogP contribution is 2.41. The Morgan fingerprint density at radius 1 is 1.08 bits per heavy atom. The van der Waals surface area contributed by atoms with Crippen molar-refractivity contribution in [3.63, 3.8) is 0 Å². The molecule has 2 aromatic carbocycles. The summed E-state index contributed by atoms with van der Waals surface area (Å²) in [6, 6.07) is 16.5. The van der Waals surface area contributed by atoms with Crippen molar-refractivity contribution >= 4 is 0 Å². The monoisotopic (exact) mass is 324 g/mol. The van der Waals surface area contributed by atoms with E-state index in [1.165, 1.54) is 11.1 Å². The van der Waals surface area contributed by atoms with E-state index in [1.807, 2.05) is 18.2 Å². The minimum Gasteiger partial charge on any atom is -0.493 e. The third kappa shape index (κ3) is 3.31. The number of rotatable bonds is 6. The molecule has 1 saturated heterocycles. The van der Waals surface area contributed by atoms with Gasteiger partial charge in [0.2, 0.25) is 0 Å². The first-order chi connectivity index (χ1) is 11.8. The molecule has 1 aliphatic heterocycles. The van der Waals surface area contributed by atoms with Crippen molar-refractivity contribution in [3.05, 3.63) is 72.3 Å². The highest BCUT2D eigenvalue weighted by atomic mass is 16.5. The van der Waals surface area contributed by atoms with Crippen molar-refractivity contribution in [1.29, 1.82) is 0 Å². The summed E-state index contributed by atoms with van der Waals surface area (Å²) in [4.78, 5) is 0. The van der Waals surface area contributed by atoms with Crippen molar-refractivity contribution in [3.8, 4) is 11.5 Å². The van der Waals surface area contributed by atoms with E-state index in [9.17, 15) is 0 Å². The van der Waals surface area contributed by atoms with E-state index in [0.717, 1.165) is 24.5 Å². The maximum Gasteiger partial charge on any atom is 0.160 e. The minimum atomic E-state index is 0.0915. The smallest absolute Gasteiger partial charge is 0.160 e. The molecule has 1 fully saturated rings. The van der Waals surface area contributed by atoms with Crippen LogP contribution in [0.2, 0.25) is 0 Å². The van der Waals surface area contributed by atoms with Gasteiger partial charge in [-0.25, -0.2) is 0 Å². The third-order valence-corrected chi connectivity index (χ3v) is 4.73. The Bertz CT molecular complexity index is 681. The Kier molecular flexibility index (Phi) is 5.21. The van der Waals surface area contributed by atoms with Crippen LogP contribution in [0.25, 0.3) is 0 Å². The zero-order valence-corrected chi connectivity index (χ0v) is 14.3. The fourth-order valence-electron chi connectivity index (χ4n) is 3.48. The van der Waals surface area contributed by atoms with Crippen molar-refractivity contribution in [2.75, 3.05) is 20.8 Å². The Balaban J connectivity index is 1.77. The number of hydrogen-bond donors (Lipinski definition) is 0. The molecule has 0 aromatic heterocycles. The third-order valence-electron chi connectivity index (χ3n) is 4.73. The van der Waals surface area contributed by atoms with Gasteiger partial charge in [-0.2, -0.15) is 0 Å². The van der Waals surface area contributed by atoms with Crippen LogP contribution >= 0.6 is 0 Å². The van der Waals surface area contributed by atoms with Crippen molar-refractivity contribution in [1.82, 2.24) is 0 Å². The molecule has 3 heteroatoms. The zero-order chi connectivity index (χ0) is 16.9. The lowest BCUT2D eigenvalue weighted by Crippen LogP contribution is -2.15. The SMILES string of the molecule is C=C[C@H]1[C@H](Cc2ccc(OC)c(OC)c2)CO[C@H]1c1ccccc1. The summed E-state index contributed by atoms with van der Waals surface area (Å²) in [5.41, 5.74) is 2.44. The second kappa shape index (κ2) is 7.54. The molecule has 0 N–H and O–H groups in total. The van der Waals surface area contributed by atoms with Crippen LogP contribution in [0.1, 0.15) is 17.2 Å². The molecular weight excluding hydrogens is 300 g/mol. The van der Waals surface area contributed by atoms with E-state index in [0.29, 0.717) is 11.8 Å². The number of benzene rings is 2. The highest BCUT2D eigenvalue weighted by Gasteiger charge is 2.36. The molecule has 0 amide bonds. The normalized spacial score (nSPS) is 23.0. The standard InChI is InChI=1S/C21H24O3/c1-4-18-17(14-24-21(18)16-8-6-5-7-9-16)12-15-10-11-19(22-2)20(13-15)23-3/h4-11,13,17-18,21H,1,12,14H2,2-3H3/t17-,18+,21+/m1/s1. The van der Waals surface area contributed by atoms with E-state index >= 15 is 0 Å². The van der Waals surface area contributed by atoms with Crippen LogP contribution in [0.4, 0.5) is 0 Å². The Morgan fingerprint density at radius 3 is 2.50 bits per heavy atom. The summed E-state index contributed by atoms with van der Waals surface area (Å²) in [7, 11) is 3.32. The molecule has 3 atom stereocenters. The lowest BCUT2D eigenvalue weighted by atomic mass is 9.84. The molecule has 0 radical (unpaired) electrons. The van der Waals surface area contributed by atoms with Gasteiger partial charge in [-0.05, 0) is 35.6 Å². The van der Waals surface area contributed by atoms with Crippen LogP contribution in [0.5, 0.6) is 11.5 Å². The maximum atomic E-state index is 6.10. The molecule has 126 valence electrons. The molecule has 1 heterocycles. The average molecular weight is 324 g/mol. The zero-order valence-electron chi connectivity index (χ0n) is 14.3. The summed E-state index contributed by atoms with van der Waals surface area (Å²) in [5, 5.41) is 0. The van der Waals surface area contributed by atoms with Gasteiger partial charge in [0.1, 0.15) is 0 Å². The summed E-state index contributed by atoms with van der Waals surface area (Å²) < 4.78 is 16.8. The first-order valence-corrected chi connectivity index (χ1v) is 8.26. The van der Waals surface area contributed by atoms with Crippen LogP contribution < -0.4 is 9.47 Å². The van der Waals surface area contributed by atoms with E-state index in [2.05, 4.69) is 43.0 Å². The van der Waals surface area contributed by atoms with Gasteiger partial charge in [0.15, 0.2) is 11.5 Å². The lowest BCUT2D eigenvalue weighted by molar-refractivity contribution is 0.0977. The quantitative estimate of drug-likeness (QED) is 0.735. The summed E-state index contributed by atoms with van der Waals surface area (Å²) >= 11 is 0. The largest absolute Gasteiger partial charge is 0.493 e. The van der Waals surface area contributed by atoms with Crippen molar-refractivity contribution in [2.45, 2.75) is 12.5 Å². The number of ether oxygens (including phenoxy) is 3. The lowest BCUT2D eigenvalue weighted by Gasteiger charge is -2.20. The van der Waals surface area contributed by atoms with Gasteiger partial charge in [0, 0.05) is 5.92 Å². The van der Waals surface area contributed by atoms with Gasteiger partial charge < -0.3 is 14.2 Å². The molecule has 0 spiro atoms. The van der Waals surface area contributed by atoms with Crippen molar-refractivity contribution < 1.29 is 14.2 Å². The van der Waals surface area contributed by atoms with Gasteiger partial charge >= 0.3 is 0 Å². The van der Waals surface area contributed by atoms with Crippen molar-refractivity contribution in [2.24, 2.45) is 11.8 Å². The molecule has 3 rings (SSSR count). The van der Waals surface area contributed by atoms with Crippen LogP contribution in [-0.4, -0.2) is 20.8 Å². The van der Waals surface area contributed by atoms with E-state index in [4.69, 9.17) is 14.2 Å². The molecule has 0 aliphatic carbocycles. The molecular formula is C21H24O3. The second-order valence-electron chi connectivity index (χ2n) is 6.13. The first kappa shape index (κ1) is 16.6. The van der Waals surface area contributed by atoms with Crippen LogP contribution in [0.15, 0.2) is 61.2 Å². The van der Waals surface area contributed by atoms with Gasteiger partial charge in [-0.3, -0.25) is 0 Å². The van der Waals surface area contributed by atoms with Gasteiger partial charge in [-0.15, -0.1) is 6.58 Å². The Hall–Kier alpha value is -2.26. The second-order valence-corrected chi connectivity index (χ2v) is 6.13. The number of hydrogen-bond acceptors (Lipinski definition) is 3. The predicted octanol–water partition coefficient (Wildman–Crippen LogP) is 4.44. The Labute approximate surface area is 143 Å². The Morgan fingerprint density at radius 2 is 1.83 bits per heavy atom. The van der Waals surface area contributed by atoms with Crippen LogP contribution in [0, 0.1) is 11.8 Å². The molecule has 3 nitrogen and oxygen atoms in total. The van der Waals surface area contributed by atoms with E-state index in [-0.39, 0.29) is 6.10 Å². The molecule has 24 heavy (non-hydrogen) atoms. The molecule has 2 aromatic rings. The summed E-state index contributed by atoms with van der Waals surface area (Å²) in [6.07, 6.45) is 3.06. The molecule has 1 aliphatic rings. The fourth-order valence-corrected chi connectivity index (χ4v) is 3.48. The average Bonchev–Trinajstić information content (AvgIpc) is 3.04. The predicted molar refractivity (Wildman–Crippen MR) is 95.6 cm³/mol. The van der Waals surface area contributed by atoms with Gasteiger partial charge in [0.05, 0.1) is 26.9 Å². The number of methoxy groups -OCH3 is 2. The molecule has 0 unspecified atom stereocenters. The topological polar surface area (TPSA) is 27.7 Å². The van der Waals surface area contributed by atoms with Crippen LogP contribution in [-0.2, 0) is 11.2 Å². The molecule has 0 saturated carbocycles. The maximum absolute atomic E-state index is 6.10. The fraction of sp³-hybridized carbons (Fsp3) is 0.333. The van der Waals surface area contributed by atoms with Gasteiger partial charge in [0.25, 0.3) is 0 Å².